The van der Waals surface area contributed by atoms with E-state index < -0.39 is 33.7 Å². The Kier molecular flexibility index (Phi) is 4.75. The molecule has 2 aromatic carbocycles. The van der Waals surface area contributed by atoms with E-state index >= 15 is 0 Å². The molecule has 1 atom stereocenters. The van der Waals surface area contributed by atoms with Crippen molar-refractivity contribution < 1.29 is 31.5 Å². The van der Waals surface area contributed by atoms with E-state index in [1.165, 1.54) is 38.1 Å². The molecule has 27 heavy (non-hydrogen) atoms. The summed E-state index contributed by atoms with van der Waals surface area (Å²) in [5, 5.41) is 9.44. The third-order valence-corrected chi connectivity index (χ3v) is 5.71. The Morgan fingerprint density at radius 1 is 1.19 bits per heavy atom. The number of fused-ring (bicyclic) bond motifs is 1. The smallest absolute Gasteiger partial charge is 0.372 e. The van der Waals surface area contributed by atoms with Crippen molar-refractivity contribution in [3.05, 3.63) is 64.9 Å². The van der Waals surface area contributed by atoms with Gasteiger partial charge in [0, 0.05) is 28.6 Å². The summed E-state index contributed by atoms with van der Waals surface area (Å²) in [5.74, 6) is -3.15. The summed E-state index contributed by atoms with van der Waals surface area (Å²) < 4.78 is 59.7. The number of sulfonamides is 1. The predicted molar refractivity (Wildman–Crippen MR) is 93.0 cm³/mol. The largest absolute Gasteiger partial charge is 0.475 e. The van der Waals surface area contributed by atoms with Crippen molar-refractivity contribution in [3.63, 3.8) is 0 Å². The van der Waals surface area contributed by atoms with Crippen LogP contribution in [0, 0.1) is 18.6 Å². The Morgan fingerprint density at radius 3 is 2.52 bits per heavy atom. The lowest BCUT2D eigenvalue weighted by Gasteiger charge is -2.15. The fraction of sp³-hybridized carbons (Fsp3) is 0.167. The van der Waals surface area contributed by atoms with Crippen molar-refractivity contribution in [1.29, 1.82) is 0 Å². The average molecular weight is 395 g/mol. The Hall–Kier alpha value is -2.78. The van der Waals surface area contributed by atoms with Crippen molar-refractivity contribution in [2.45, 2.75) is 24.8 Å². The fourth-order valence-electron chi connectivity index (χ4n) is 2.79. The third kappa shape index (κ3) is 3.56. The Bertz CT molecular complexity index is 1150. The zero-order chi connectivity index (χ0) is 19.9. The van der Waals surface area contributed by atoms with Crippen LogP contribution >= 0.6 is 0 Å². The normalized spacial score (nSPS) is 13.0. The number of carboxylic acid groups (broad SMARTS) is 1. The first kappa shape index (κ1) is 19.0. The molecule has 2 N–H and O–H groups in total. The number of hydrogen-bond donors (Lipinski definition) is 2. The number of furan rings is 1. The van der Waals surface area contributed by atoms with Crippen LogP contribution in [0.25, 0.3) is 11.0 Å². The Labute approximate surface area is 153 Å². The standard InChI is InChI=1S/C18H15F2NO5S/c1-9-14-8-12(4-6-16(14)26-17(9)18(22)23)27(24,25)21-10(2)13-5-3-11(19)7-15(13)20/h3-8,10,21H,1-2H3,(H,22,23). The lowest BCUT2D eigenvalue weighted by molar-refractivity contribution is 0.0664. The summed E-state index contributed by atoms with van der Waals surface area (Å²) in [6, 6.07) is 5.83. The molecule has 3 rings (SSSR count). The Balaban J connectivity index is 1.96. The van der Waals surface area contributed by atoms with Gasteiger partial charge in [-0.2, -0.15) is 0 Å². The second-order valence-corrected chi connectivity index (χ2v) is 7.74. The number of aryl methyl sites for hydroxylation is 1. The molecule has 1 aromatic heterocycles. The quantitative estimate of drug-likeness (QED) is 0.686. The molecular formula is C18H15F2NO5S. The van der Waals surface area contributed by atoms with Gasteiger partial charge in [0.1, 0.15) is 17.2 Å². The van der Waals surface area contributed by atoms with E-state index in [0.717, 1.165) is 6.07 Å². The molecule has 1 unspecified atom stereocenters. The topological polar surface area (TPSA) is 96.6 Å². The van der Waals surface area contributed by atoms with Gasteiger partial charge in [0.05, 0.1) is 4.90 Å². The van der Waals surface area contributed by atoms with E-state index in [0.29, 0.717) is 17.0 Å². The van der Waals surface area contributed by atoms with E-state index in [1.807, 2.05) is 0 Å². The number of hydrogen-bond acceptors (Lipinski definition) is 4. The number of nitrogens with one attached hydrogen (secondary N) is 1. The first-order valence-electron chi connectivity index (χ1n) is 7.84. The van der Waals surface area contributed by atoms with Crippen LogP contribution in [0.2, 0.25) is 0 Å². The fourth-order valence-corrected chi connectivity index (χ4v) is 4.04. The van der Waals surface area contributed by atoms with E-state index in [4.69, 9.17) is 9.52 Å². The molecule has 0 saturated carbocycles. The molecule has 0 spiro atoms. The van der Waals surface area contributed by atoms with E-state index in [1.54, 1.807) is 0 Å². The molecule has 0 aliphatic heterocycles. The highest BCUT2D eigenvalue weighted by Gasteiger charge is 2.23. The minimum absolute atomic E-state index is 0.00583. The van der Waals surface area contributed by atoms with Crippen LogP contribution in [-0.4, -0.2) is 19.5 Å². The SMILES string of the molecule is Cc1c(C(=O)O)oc2ccc(S(=O)(=O)NC(C)c3ccc(F)cc3F)cc12. The average Bonchev–Trinajstić information content (AvgIpc) is 2.91. The maximum Gasteiger partial charge on any atom is 0.372 e. The lowest BCUT2D eigenvalue weighted by Crippen LogP contribution is -2.27. The van der Waals surface area contributed by atoms with Gasteiger partial charge in [0.2, 0.25) is 15.8 Å². The van der Waals surface area contributed by atoms with Crippen molar-refractivity contribution >= 4 is 27.0 Å². The number of carboxylic acids is 1. The number of halogens is 2. The molecule has 0 bridgehead atoms. The first-order valence-corrected chi connectivity index (χ1v) is 9.32. The van der Waals surface area contributed by atoms with Crippen molar-refractivity contribution in [3.8, 4) is 0 Å². The zero-order valence-corrected chi connectivity index (χ0v) is 15.1. The van der Waals surface area contributed by atoms with Crippen LogP contribution in [0.15, 0.2) is 45.7 Å². The molecule has 0 fully saturated rings. The first-order chi connectivity index (χ1) is 12.6. The maximum atomic E-state index is 13.9. The molecule has 6 nitrogen and oxygen atoms in total. The van der Waals surface area contributed by atoms with Gasteiger partial charge >= 0.3 is 5.97 Å². The summed E-state index contributed by atoms with van der Waals surface area (Å²) in [4.78, 5) is 11.0. The van der Waals surface area contributed by atoms with E-state index in [-0.39, 0.29) is 21.8 Å². The Morgan fingerprint density at radius 2 is 1.89 bits per heavy atom. The second-order valence-electron chi connectivity index (χ2n) is 6.03. The molecule has 0 aliphatic rings. The van der Waals surface area contributed by atoms with Crippen LogP contribution in [0.1, 0.15) is 34.6 Å². The number of rotatable bonds is 5. The highest BCUT2D eigenvalue weighted by molar-refractivity contribution is 7.89. The minimum Gasteiger partial charge on any atom is -0.475 e. The van der Waals surface area contributed by atoms with Crippen molar-refractivity contribution in [1.82, 2.24) is 4.72 Å². The van der Waals surface area contributed by atoms with Crippen molar-refractivity contribution in [2.24, 2.45) is 0 Å². The predicted octanol–water partition coefficient (Wildman–Crippen LogP) is 3.76. The summed E-state index contributed by atoms with van der Waals surface area (Å²) in [5.41, 5.74) is 0.530. The summed E-state index contributed by atoms with van der Waals surface area (Å²) in [6.07, 6.45) is 0. The van der Waals surface area contributed by atoms with Crippen LogP contribution in [0.5, 0.6) is 0 Å². The molecule has 3 aromatic rings. The van der Waals surface area contributed by atoms with E-state index in [2.05, 4.69) is 4.72 Å². The van der Waals surface area contributed by atoms with Crippen LogP contribution < -0.4 is 4.72 Å². The van der Waals surface area contributed by atoms with Crippen LogP contribution in [-0.2, 0) is 10.0 Å². The highest BCUT2D eigenvalue weighted by Crippen LogP contribution is 2.28. The third-order valence-electron chi connectivity index (χ3n) is 4.17. The van der Waals surface area contributed by atoms with Gasteiger partial charge in [-0.15, -0.1) is 0 Å². The molecule has 0 amide bonds. The summed E-state index contributed by atoms with van der Waals surface area (Å²) in [6.45, 7) is 2.94. The summed E-state index contributed by atoms with van der Waals surface area (Å²) in [7, 11) is -4.05. The van der Waals surface area contributed by atoms with Gasteiger partial charge in [0.15, 0.2) is 0 Å². The molecular weight excluding hydrogens is 380 g/mol. The van der Waals surface area contributed by atoms with Crippen LogP contribution in [0.4, 0.5) is 8.78 Å². The molecule has 0 radical (unpaired) electrons. The van der Waals surface area contributed by atoms with Gasteiger partial charge in [-0.1, -0.05) is 6.07 Å². The molecule has 0 aliphatic carbocycles. The number of benzene rings is 2. The van der Waals surface area contributed by atoms with Gasteiger partial charge in [-0.25, -0.2) is 26.7 Å². The van der Waals surface area contributed by atoms with Crippen LogP contribution in [0.3, 0.4) is 0 Å². The monoisotopic (exact) mass is 395 g/mol. The number of aromatic carboxylic acids is 1. The highest BCUT2D eigenvalue weighted by atomic mass is 32.2. The van der Waals surface area contributed by atoms with Gasteiger partial charge in [-0.05, 0) is 38.1 Å². The van der Waals surface area contributed by atoms with Gasteiger partial charge < -0.3 is 9.52 Å². The molecule has 0 saturated heterocycles. The van der Waals surface area contributed by atoms with Gasteiger partial charge in [-0.3, -0.25) is 0 Å². The van der Waals surface area contributed by atoms with Gasteiger partial charge in [0.25, 0.3) is 0 Å². The zero-order valence-electron chi connectivity index (χ0n) is 14.3. The second kappa shape index (κ2) is 6.75. The minimum atomic E-state index is -4.05. The summed E-state index contributed by atoms with van der Waals surface area (Å²) >= 11 is 0. The maximum absolute atomic E-state index is 13.9. The van der Waals surface area contributed by atoms with E-state index in [9.17, 15) is 22.0 Å². The van der Waals surface area contributed by atoms with Crippen molar-refractivity contribution in [2.75, 3.05) is 0 Å². The molecule has 1 heterocycles. The number of carbonyl (C=O) groups is 1. The molecule has 9 heteroatoms. The molecule has 142 valence electrons. The lowest BCUT2D eigenvalue weighted by atomic mass is 10.1.